The third kappa shape index (κ3) is 9.95. The van der Waals surface area contributed by atoms with Gasteiger partial charge in [-0.25, -0.2) is 9.59 Å². The summed E-state index contributed by atoms with van der Waals surface area (Å²) in [5.74, 6) is -3.59. The van der Waals surface area contributed by atoms with Gasteiger partial charge >= 0.3 is 17.9 Å². The number of hydrogen-bond acceptors (Lipinski definition) is 6. The van der Waals surface area contributed by atoms with E-state index in [9.17, 15) is 4.79 Å². The molecule has 0 bridgehead atoms. The molecular weight excluding hydrogens is 332 g/mol. The molecule has 1 unspecified atom stereocenters. The highest BCUT2D eigenvalue weighted by molar-refractivity contribution is 6.27. The van der Waals surface area contributed by atoms with Crippen molar-refractivity contribution in [3.63, 3.8) is 0 Å². The molecule has 0 aliphatic carbocycles. The molecule has 0 saturated carbocycles. The molecular formula is C16H24N2O7. The Kier molecular flexibility index (Phi) is 10.6. The number of ether oxygens (including phenoxy) is 1. The summed E-state index contributed by atoms with van der Waals surface area (Å²) in [5, 5.41) is 26.6. The van der Waals surface area contributed by atoms with Crippen molar-refractivity contribution < 1.29 is 34.4 Å². The lowest BCUT2D eigenvalue weighted by Gasteiger charge is -2.25. The number of likely N-dealkylation sites (N-methyl/N-ethyl adjacent to an activating group) is 1. The van der Waals surface area contributed by atoms with Gasteiger partial charge in [-0.05, 0) is 31.8 Å². The van der Waals surface area contributed by atoms with Crippen molar-refractivity contribution in [2.75, 3.05) is 34.3 Å². The van der Waals surface area contributed by atoms with Crippen molar-refractivity contribution in [3.05, 3.63) is 29.8 Å². The van der Waals surface area contributed by atoms with Gasteiger partial charge in [-0.15, -0.1) is 0 Å². The molecule has 1 atom stereocenters. The van der Waals surface area contributed by atoms with Crippen LogP contribution < -0.4 is 10.1 Å². The molecule has 140 valence electrons. The molecule has 1 aromatic rings. The number of carboxylic acids is 3. The first-order valence-electron chi connectivity index (χ1n) is 7.38. The van der Waals surface area contributed by atoms with Crippen LogP contribution in [0.25, 0.3) is 0 Å². The van der Waals surface area contributed by atoms with Crippen LogP contribution in [0.4, 0.5) is 0 Å². The topological polar surface area (TPSA) is 136 Å². The average Bonchev–Trinajstić information content (AvgIpc) is 2.55. The standard InChI is InChI=1S/C14H22N2O3.C2H2O4/c1-16(2)13(10-15-9-8-14(17)18)11-4-6-12(19-3)7-5-11;3-1(4)2(5)6/h4-7,13,15H,8-10H2,1-3H3,(H,17,18);(H,3,4)(H,5,6). The zero-order valence-corrected chi connectivity index (χ0v) is 14.4. The maximum Gasteiger partial charge on any atom is 0.414 e. The molecule has 4 N–H and O–H groups in total. The number of nitrogens with zero attached hydrogens (tertiary/aromatic N) is 1. The van der Waals surface area contributed by atoms with Crippen LogP contribution in [0.2, 0.25) is 0 Å². The van der Waals surface area contributed by atoms with E-state index < -0.39 is 17.9 Å². The first-order valence-corrected chi connectivity index (χ1v) is 7.38. The number of carbonyl (C=O) groups is 3. The Morgan fingerprint density at radius 1 is 1.08 bits per heavy atom. The summed E-state index contributed by atoms with van der Waals surface area (Å²) >= 11 is 0. The maximum absolute atomic E-state index is 10.5. The highest BCUT2D eigenvalue weighted by Gasteiger charge is 2.13. The van der Waals surface area contributed by atoms with E-state index >= 15 is 0 Å². The minimum atomic E-state index is -1.82. The molecule has 0 radical (unpaired) electrons. The minimum absolute atomic E-state index is 0.142. The van der Waals surface area contributed by atoms with Gasteiger partial charge in [0.1, 0.15) is 5.75 Å². The summed E-state index contributed by atoms with van der Waals surface area (Å²) < 4.78 is 5.14. The number of methoxy groups -OCH3 is 1. The summed E-state index contributed by atoms with van der Waals surface area (Å²) in [6.45, 7) is 1.20. The lowest BCUT2D eigenvalue weighted by molar-refractivity contribution is -0.159. The molecule has 9 nitrogen and oxygen atoms in total. The molecule has 9 heteroatoms. The lowest BCUT2D eigenvalue weighted by Crippen LogP contribution is -2.32. The number of benzene rings is 1. The van der Waals surface area contributed by atoms with Crippen molar-refractivity contribution in [3.8, 4) is 5.75 Å². The molecule has 0 aromatic heterocycles. The predicted molar refractivity (Wildman–Crippen MR) is 89.8 cm³/mol. The van der Waals surface area contributed by atoms with Crippen LogP contribution in [0, 0.1) is 0 Å². The third-order valence-corrected chi connectivity index (χ3v) is 3.16. The monoisotopic (exact) mass is 356 g/mol. The van der Waals surface area contributed by atoms with E-state index in [1.54, 1.807) is 7.11 Å². The molecule has 0 heterocycles. The first kappa shape index (κ1) is 22.4. The third-order valence-electron chi connectivity index (χ3n) is 3.16. The lowest BCUT2D eigenvalue weighted by atomic mass is 10.1. The van der Waals surface area contributed by atoms with E-state index in [0.717, 1.165) is 5.75 Å². The summed E-state index contributed by atoms with van der Waals surface area (Å²) in [7, 11) is 5.66. The van der Waals surface area contributed by atoms with Gasteiger partial charge in [-0.3, -0.25) is 4.79 Å². The van der Waals surface area contributed by atoms with Gasteiger partial charge in [-0.2, -0.15) is 0 Å². The molecule has 0 spiro atoms. The van der Waals surface area contributed by atoms with Gasteiger partial charge in [0, 0.05) is 19.1 Å². The Morgan fingerprint density at radius 3 is 1.96 bits per heavy atom. The fraction of sp³-hybridized carbons (Fsp3) is 0.438. The molecule has 0 amide bonds. The van der Waals surface area contributed by atoms with Crippen LogP contribution in [0.1, 0.15) is 18.0 Å². The van der Waals surface area contributed by atoms with Gasteiger partial charge in [0.2, 0.25) is 0 Å². The van der Waals surface area contributed by atoms with Crippen molar-refractivity contribution >= 4 is 17.9 Å². The zero-order chi connectivity index (χ0) is 19.4. The van der Waals surface area contributed by atoms with Crippen LogP contribution in [0.5, 0.6) is 5.75 Å². The number of aliphatic carboxylic acids is 3. The van der Waals surface area contributed by atoms with Gasteiger partial charge in [-0.1, -0.05) is 12.1 Å². The predicted octanol–water partition coefficient (Wildman–Crippen LogP) is 0.518. The van der Waals surface area contributed by atoms with Gasteiger partial charge in [0.15, 0.2) is 0 Å². The number of rotatable bonds is 8. The Labute approximate surface area is 145 Å². The maximum atomic E-state index is 10.5. The van der Waals surface area contributed by atoms with E-state index in [0.29, 0.717) is 13.1 Å². The van der Waals surface area contributed by atoms with Crippen molar-refractivity contribution in [1.82, 2.24) is 10.2 Å². The molecule has 0 saturated heterocycles. The molecule has 25 heavy (non-hydrogen) atoms. The molecule has 0 aliphatic rings. The summed E-state index contributed by atoms with van der Waals surface area (Å²) in [4.78, 5) is 30.8. The van der Waals surface area contributed by atoms with Gasteiger partial charge < -0.3 is 30.3 Å². The van der Waals surface area contributed by atoms with Crippen LogP contribution in [0.15, 0.2) is 24.3 Å². The number of carboxylic acid groups (broad SMARTS) is 3. The van der Waals surface area contributed by atoms with Crippen LogP contribution in [-0.2, 0) is 14.4 Å². The SMILES string of the molecule is COc1ccc(C(CNCCC(=O)O)N(C)C)cc1.O=C(O)C(=O)O. The summed E-state index contributed by atoms with van der Waals surface area (Å²) in [6, 6.07) is 8.14. The highest BCUT2D eigenvalue weighted by Crippen LogP contribution is 2.20. The fourth-order valence-electron chi connectivity index (χ4n) is 1.86. The molecule has 0 aliphatic heterocycles. The van der Waals surface area contributed by atoms with Crippen molar-refractivity contribution in [2.45, 2.75) is 12.5 Å². The smallest absolute Gasteiger partial charge is 0.414 e. The Hall–Kier alpha value is -2.65. The number of hydrogen-bond donors (Lipinski definition) is 4. The Balaban J connectivity index is 0.000000823. The first-order chi connectivity index (χ1) is 11.7. The normalized spacial score (nSPS) is 11.2. The van der Waals surface area contributed by atoms with E-state index in [2.05, 4.69) is 10.2 Å². The summed E-state index contributed by atoms with van der Waals surface area (Å²) in [6.07, 6.45) is 0.142. The second kappa shape index (κ2) is 11.8. The number of nitrogens with one attached hydrogen (secondary N) is 1. The van der Waals surface area contributed by atoms with E-state index in [-0.39, 0.29) is 12.5 Å². The van der Waals surface area contributed by atoms with Gasteiger partial charge in [0.25, 0.3) is 0 Å². The van der Waals surface area contributed by atoms with Gasteiger partial charge in [0.05, 0.1) is 13.5 Å². The average molecular weight is 356 g/mol. The zero-order valence-electron chi connectivity index (χ0n) is 14.4. The molecule has 1 rings (SSSR count). The Bertz CT molecular complexity index is 546. The minimum Gasteiger partial charge on any atom is -0.497 e. The quantitative estimate of drug-likeness (QED) is 0.388. The molecule has 1 aromatic carbocycles. The van der Waals surface area contributed by atoms with Crippen molar-refractivity contribution in [1.29, 1.82) is 0 Å². The van der Waals surface area contributed by atoms with E-state index in [4.69, 9.17) is 29.6 Å². The fourth-order valence-corrected chi connectivity index (χ4v) is 1.86. The van der Waals surface area contributed by atoms with Crippen LogP contribution in [-0.4, -0.2) is 72.4 Å². The second-order valence-electron chi connectivity index (χ2n) is 5.21. The van der Waals surface area contributed by atoms with E-state index in [1.165, 1.54) is 5.56 Å². The molecule has 0 fully saturated rings. The Morgan fingerprint density at radius 2 is 1.60 bits per heavy atom. The van der Waals surface area contributed by atoms with Crippen LogP contribution >= 0.6 is 0 Å². The second-order valence-corrected chi connectivity index (χ2v) is 5.21. The highest BCUT2D eigenvalue weighted by atomic mass is 16.5. The van der Waals surface area contributed by atoms with E-state index in [1.807, 2.05) is 38.4 Å². The van der Waals surface area contributed by atoms with Crippen LogP contribution in [0.3, 0.4) is 0 Å². The van der Waals surface area contributed by atoms with Crippen molar-refractivity contribution in [2.24, 2.45) is 0 Å². The largest absolute Gasteiger partial charge is 0.497 e. The summed E-state index contributed by atoms with van der Waals surface area (Å²) in [5.41, 5.74) is 1.17.